The minimum Gasteiger partial charge on any atom is -0.396 e. The van der Waals surface area contributed by atoms with Crippen LogP contribution in [0, 0.1) is 12.8 Å². The van der Waals surface area contributed by atoms with Crippen molar-refractivity contribution >= 4 is 11.8 Å². The molecule has 3 rings (SSSR count). The number of hydrogen-bond acceptors (Lipinski definition) is 4. The van der Waals surface area contributed by atoms with Crippen molar-refractivity contribution in [2.24, 2.45) is 5.92 Å². The highest BCUT2D eigenvalue weighted by Gasteiger charge is 2.32. The second-order valence-electron chi connectivity index (χ2n) is 6.62. The molecule has 1 fully saturated rings. The summed E-state index contributed by atoms with van der Waals surface area (Å²) in [4.78, 5) is 30.8. The van der Waals surface area contributed by atoms with E-state index in [4.69, 9.17) is 0 Å². The highest BCUT2D eigenvalue weighted by Crippen LogP contribution is 2.21. The van der Waals surface area contributed by atoms with E-state index in [0.717, 1.165) is 5.56 Å². The second-order valence-corrected chi connectivity index (χ2v) is 6.62. The monoisotopic (exact) mass is 353 g/mol. The summed E-state index contributed by atoms with van der Waals surface area (Å²) in [6.07, 6.45) is 3.73. The first-order chi connectivity index (χ1) is 12.6. The first kappa shape index (κ1) is 18.1. The molecule has 1 aliphatic heterocycles. The Morgan fingerprint density at radius 3 is 2.77 bits per heavy atom. The van der Waals surface area contributed by atoms with Gasteiger partial charge >= 0.3 is 0 Å². The van der Waals surface area contributed by atoms with Crippen LogP contribution in [-0.4, -0.2) is 52.5 Å². The number of benzene rings is 1. The predicted octanol–water partition coefficient (Wildman–Crippen LogP) is 1.64. The minimum absolute atomic E-state index is 0.0291. The van der Waals surface area contributed by atoms with Crippen molar-refractivity contribution in [3.05, 3.63) is 65.5 Å². The first-order valence-electron chi connectivity index (χ1n) is 8.77. The number of aryl methyl sites for hydroxylation is 1. The van der Waals surface area contributed by atoms with Gasteiger partial charge in [0.25, 0.3) is 11.8 Å². The summed E-state index contributed by atoms with van der Waals surface area (Å²) < 4.78 is 0. The van der Waals surface area contributed by atoms with Gasteiger partial charge in [-0.3, -0.25) is 14.6 Å². The number of carbonyl (C=O) groups excluding carboxylic acids is 2. The van der Waals surface area contributed by atoms with E-state index < -0.39 is 0 Å². The molecule has 2 heterocycles. The molecular formula is C20H23N3O3. The van der Waals surface area contributed by atoms with Gasteiger partial charge in [0.2, 0.25) is 0 Å². The van der Waals surface area contributed by atoms with E-state index in [1.807, 2.05) is 31.2 Å². The summed E-state index contributed by atoms with van der Waals surface area (Å²) in [6.45, 7) is 2.79. The van der Waals surface area contributed by atoms with Crippen LogP contribution in [0.5, 0.6) is 0 Å². The predicted molar refractivity (Wildman–Crippen MR) is 97.8 cm³/mol. The lowest BCUT2D eigenvalue weighted by molar-refractivity contribution is 0.0533. The number of rotatable bonds is 4. The van der Waals surface area contributed by atoms with Crippen LogP contribution in [0.2, 0.25) is 0 Å². The summed E-state index contributed by atoms with van der Waals surface area (Å²) in [5.74, 6) is -0.434. The van der Waals surface area contributed by atoms with E-state index >= 15 is 0 Å². The number of nitrogens with zero attached hydrogens (tertiary/aromatic N) is 2. The quantitative estimate of drug-likeness (QED) is 0.875. The van der Waals surface area contributed by atoms with Gasteiger partial charge in [-0.15, -0.1) is 0 Å². The van der Waals surface area contributed by atoms with E-state index in [0.29, 0.717) is 30.6 Å². The van der Waals surface area contributed by atoms with Gasteiger partial charge in [0, 0.05) is 49.6 Å². The fourth-order valence-electron chi connectivity index (χ4n) is 3.32. The molecule has 136 valence electrons. The molecule has 26 heavy (non-hydrogen) atoms. The third kappa shape index (κ3) is 3.91. The number of aromatic nitrogens is 1. The van der Waals surface area contributed by atoms with Crippen molar-refractivity contribution < 1.29 is 14.7 Å². The van der Waals surface area contributed by atoms with Crippen LogP contribution in [0.4, 0.5) is 0 Å². The van der Waals surface area contributed by atoms with Gasteiger partial charge in [0.15, 0.2) is 0 Å². The lowest BCUT2D eigenvalue weighted by Crippen LogP contribution is -2.53. The lowest BCUT2D eigenvalue weighted by Gasteiger charge is -2.38. The third-order valence-corrected chi connectivity index (χ3v) is 4.87. The van der Waals surface area contributed by atoms with Gasteiger partial charge in [-0.1, -0.05) is 18.2 Å². The summed E-state index contributed by atoms with van der Waals surface area (Å²) in [5.41, 5.74) is 2.11. The van der Waals surface area contributed by atoms with Crippen LogP contribution in [0.15, 0.2) is 48.8 Å². The Kier molecular flexibility index (Phi) is 5.63. The molecule has 2 aromatic rings. The summed E-state index contributed by atoms with van der Waals surface area (Å²) in [7, 11) is 0. The number of aliphatic hydroxyl groups excluding tert-OH is 1. The Morgan fingerprint density at radius 2 is 2.08 bits per heavy atom. The van der Waals surface area contributed by atoms with Crippen molar-refractivity contribution in [3.63, 3.8) is 0 Å². The second kappa shape index (κ2) is 8.10. The molecule has 1 aromatic carbocycles. The Hall–Kier alpha value is -2.73. The largest absolute Gasteiger partial charge is 0.396 e. The molecule has 0 bridgehead atoms. The molecular weight excluding hydrogens is 330 g/mol. The van der Waals surface area contributed by atoms with Crippen LogP contribution >= 0.6 is 0 Å². The van der Waals surface area contributed by atoms with Gasteiger partial charge in [0.05, 0.1) is 5.56 Å². The van der Waals surface area contributed by atoms with Crippen molar-refractivity contribution in [3.8, 4) is 0 Å². The molecule has 2 N–H and O–H groups in total. The van der Waals surface area contributed by atoms with E-state index in [1.54, 1.807) is 23.2 Å². The molecule has 0 unspecified atom stereocenters. The molecule has 0 saturated carbocycles. The summed E-state index contributed by atoms with van der Waals surface area (Å²) in [6, 6.07) is 10.7. The molecule has 6 nitrogen and oxygen atoms in total. The van der Waals surface area contributed by atoms with Gasteiger partial charge in [0.1, 0.15) is 0 Å². The zero-order chi connectivity index (χ0) is 18.5. The van der Waals surface area contributed by atoms with E-state index in [9.17, 15) is 14.7 Å². The van der Waals surface area contributed by atoms with E-state index in [-0.39, 0.29) is 30.4 Å². The normalized spacial score (nSPS) is 19.8. The van der Waals surface area contributed by atoms with Gasteiger partial charge < -0.3 is 15.3 Å². The molecule has 1 aliphatic rings. The highest BCUT2D eigenvalue weighted by atomic mass is 16.3. The molecule has 0 radical (unpaired) electrons. The number of pyridine rings is 1. The molecule has 0 spiro atoms. The highest BCUT2D eigenvalue weighted by molar-refractivity contribution is 5.96. The maximum absolute atomic E-state index is 12.8. The number of likely N-dealkylation sites (tertiary alicyclic amines) is 1. The van der Waals surface area contributed by atoms with Gasteiger partial charge in [-0.25, -0.2) is 0 Å². The number of nitrogens with one attached hydrogen (secondary N) is 1. The number of hydrogen-bond donors (Lipinski definition) is 2. The molecule has 1 aromatic heterocycles. The standard InChI is InChI=1S/C20H23N3O3/c1-14-5-2-3-7-17(14)20(26)23-10-8-18(16(12-23)13-24)22-19(25)15-6-4-9-21-11-15/h2-7,9,11,16,18,24H,8,10,12-13H2,1H3,(H,22,25)/t16-,18-/m1/s1. The molecule has 2 atom stereocenters. The minimum atomic E-state index is -0.208. The number of piperidine rings is 1. The molecule has 0 aliphatic carbocycles. The first-order valence-corrected chi connectivity index (χ1v) is 8.77. The van der Waals surface area contributed by atoms with Crippen molar-refractivity contribution in [1.82, 2.24) is 15.2 Å². The van der Waals surface area contributed by atoms with Crippen LogP contribution in [0.25, 0.3) is 0 Å². The number of carbonyl (C=O) groups is 2. The zero-order valence-electron chi connectivity index (χ0n) is 14.8. The fraction of sp³-hybridized carbons (Fsp3) is 0.350. The van der Waals surface area contributed by atoms with Crippen molar-refractivity contribution in [1.29, 1.82) is 0 Å². The third-order valence-electron chi connectivity index (χ3n) is 4.87. The van der Waals surface area contributed by atoms with Gasteiger partial charge in [-0.2, -0.15) is 0 Å². The Balaban J connectivity index is 1.66. The molecule has 6 heteroatoms. The van der Waals surface area contributed by atoms with Gasteiger partial charge in [-0.05, 0) is 37.1 Å². The molecule has 1 saturated heterocycles. The van der Waals surface area contributed by atoms with Crippen LogP contribution in [0.1, 0.15) is 32.7 Å². The smallest absolute Gasteiger partial charge is 0.254 e. The Labute approximate surface area is 152 Å². The topological polar surface area (TPSA) is 82.5 Å². The van der Waals surface area contributed by atoms with Crippen molar-refractivity contribution in [2.75, 3.05) is 19.7 Å². The zero-order valence-corrected chi connectivity index (χ0v) is 14.8. The lowest BCUT2D eigenvalue weighted by atomic mass is 9.91. The van der Waals surface area contributed by atoms with Crippen LogP contribution in [-0.2, 0) is 0 Å². The maximum Gasteiger partial charge on any atom is 0.254 e. The number of amides is 2. The summed E-state index contributed by atoms with van der Waals surface area (Å²) >= 11 is 0. The average Bonchev–Trinajstić information content (AvgIpc) is 2.68. The SMILES string of the molecule is Cc1ccccc1C(=O)N1CC[C@@H](NC(=O)c2cccnc2)[C@@H](CO)C1. The number of aliphatic hydroxyl groups is 1. The fourth-order valence-corrected chi connectivity index (χ4v) is 3.32. The van der Waals surface area contributed by atoms with E-state index in [1.165, 1.54) is 6.20 Å². The van der Waals surface area contributed by atoms with Crippen molar-refractivity contribution in [2.45, 2.75) is 19.4 Å². The Bertz CT molecular complexity index is 779. The summed E-state index contributed by atoms with van der Waals surface area (Å²) in [5, 5.41) is 12.7. The average molecular weight is 353 g/mol. The Morgan fingerprint density at radius 1 is 1.27 bits per heavy atom. The maximum atomic E-state index is 12.8. The molecule has 2 amide bonds. The van der Waals surface area contributed by atoms with Crippen LogP contribution in [0.3, 0.4) is 0 Å². The van der Waals surface area contributed by atoms with E-state index in [2.05, 4.69) is 10.3 Å². The van der Waals surface area contributed by atoms with Crippen LogP contribution < -0.4 is 5.32 Å².